The van der Waals surface area contributed by atoms with Crippen molar-refractivity contribution in [2.75, 3.05) is 14.7 Å². The van der Waals surface area contributed by atoms with Crippen LogP contribution in [0.15, 0.2) is 145 Å². The molecule has 0 unspecified atom stereocenters. The standard InChI is InChI=1S/C63H67BN4S/c1-59(2,3)40-24-27-44(28-25-40)68-51-38-46(66(42-20-16-14-17-21-42)43-22-18-15-19-23-43)30-33-50(51)64-55-52(39-54(61(7,8)9)65-58(55)68)67(45-29-32-48-49(37-45)63(12,13)35-34-62(48,10)11)56-47-31-26-41(60(4,5)6)36-53(47)69-57(56)64/h14-33,36-39H,34-35H2,1-13H3/i14D,15D,16D,17D,18D,19D,20D,21D,22D,23D. The molecular weight excluding hydrogens is 856 g/mol. The SMILES string of the molecule is [2H]c1c([2H])c([2H])c(N(c2ccc3c(c2)N(c2ccc(C(C)(C)C)cc2)c2nc(C(C)(C)C)cc4c2B3c2sc3cc(C(C)(C)C)ccc3c2N4c2ccc3c(c2)C(C)(C)CCC3(C)C)c2c([2H])c([2H])c([2H])c([2H])c2[2H])c([2H])c1[2H]. The Bertz CT molecular complexity index is 3780. The van der Waals surface area contributed by atoms with Crippen LogP contribution in [0.3, 0.4) is 0 Å². The van der Waals surface area contributed by atoms with E-state index in [1.54, 1.807) is 17.4 Å². The van der Waals surface area contributed by atoms with Gasteiger partial charge in [-0.3, -0.25) is 4.90 Å². The van der Waals surface area contributed by atoms with Crippen molar-refractivity contribution in [3.05, 3.63) is 173 Å². The third-order valence-electron chi connectivity index (χ3n) is 14.9. The second-order valence-corrected chi connectivity index (χ2v) is 24.8. The summed E-state index contributed by atoms with van der Waals surface area (Å²) in [4.78, 5) is 11.7. The molecule has 0 spiro atoms. The molecule has 1 aliphatic carbocycles. The van der Waals surface area contributed by atoms with Crippen LogP contribution >= 0.6 is 11.3 Å². The van der Waals surface area contributed by atoms with Crippen molar-refractivity contribution >= 4 is 95.2 Å². The zero-order chi connectivity index (χ0) is 57.3. The maximum absolute atomic E-state index is 9.34. The lowest BCUT2D eigenvalue weighted by Gasteiger charge is -2.45. The van der Waals surface area contributed by atoms with Crippen molar-refractivity contribution in [1.82, 2.24) is 4.98 Å². The minimum Gasteiger partial charge on any atom is -0.310 e. The molecule has 0 bridgehead atoms. The third kappa shape index (κ3) is 7.51. The highest BCUT2D eigenvalue weighted by Crippen LogP contribution is 2.52. The van der Waals surface area contributed by atoms with E-state index in [0.717, 1.165) is 72.6 Å². The van der Waals surface area contributed by atoms with Gasteiger partial charge < -0.3 is 9.80 Å². The van der Waals surface area contributed by atoms with Gasteiger partial charge in [-0.2, -0.15) is 0 Å². The zero-order valence-corrected chi connectivity index (χ0v) is 43.1. The minimum absolute atomic E-state index is 0.00145. The predicted molar refractivity (Wildman–Crippen MR) is 300 cm³/mol. The van der Waals surface area contributed by atoms with Gasteiger partial charge in [-0.05, 0) is 140 Å². The molecule has 2 aliphatic heterocycles. The van der Waals surface area contributed by atoms with Gasteiger partial charge in [0.25, 0.3) is 6.71 Å². The van der Waals surface area contributed by atoms with E-state index in [4.69, 9.17) is 13.2 Å². The van der Waals surface area contributed by atoms with Crippen molar-refractivity contribution in [2.45, 2.75) is 130 Å². The molecule has 348 valence electrons. The normalized spacial score (nSPS) is 18.0. The quantitative estimate of drug-likeness (QED) is 0.160. The van der Waals surface area contributed by atoms with Gasteiger partial charge in [-0.1, -0.05) is 163 Å². The number of rotatable bonds is 5. The summed E-state index contributed by atoms with van der Waals surface area (Å²) in [6, 6.07) is 24.3. The Morgan fingerprint density at radius 3 is 1.78 bits per heavy atom. The Morgan fingerprint density at radius 1 is 0.580 bits per heavy atom. The summed E-state index contributed by atoms with van der Waals surface area (Å²) in [7, 11) is 0. The van der Waals surface area contributed by atoms with Crippen LogP contribution in [0.5, 0.6) is 0 Å². The fourth-order valence-electron chi connectivity index (χ4n) is 10.7. The first kappa shape index (κ1) is 35.1. The average molecular weight is 933 g/mol. The van der Waals surface area contributed by atoms with Gasteiger partial charge in [0.15, 0.2) is 0 Å². The molecule has 0 fully saturated rings. The molecule has 4 nitrogen and oxygen atoms in total. The molecule has 0 amide bonds. The predicted octanol–water partition coefficient (Wildman–Crippen LogP) is 16.1. The Labute approximate surface area is 430 Å². The van der Waals surface area contributed by atoms with E-state index < -0.39 is 72.6 Å². The van der Waals surface area contributed by atoms with E-state index in [-0.39, 0.29) is 38.7 Å². The van der Waals surface area contributed by atoms with E-state index in [9.17, 15) is 5.48 Å². The topological polar surface area (TPSA) is 22.6 Å². The molecule has 11 rings (SSSR count). The summed E-state index contributed by atoms with van der Waals surface area (Å²) in [6.07, 6.45) is 2.15. The van der Waals surface area contributed by atoms with Gasteiger partial charge in [0.1, 0.15) is 5.82 Å². The van der Waals surface area contributed by atoms with Gasteiger partial charge in [0, 0.05) is 60.1 Å². The van der Waals surface area contributed by atoms with Crippen molar-refractivity contribution in [3.8, 4) is 0 Å². The number of hydrogen-bond donors (Lipinski definition) is 0. The molecule has 4 heterocycles. The number of para-hydroxylation sites is 2. The third-order valence-corrected chi connectivity index (χ3v) is 16.1. The number of benzene rings is 6. The lowest BCUT2D eigenvalue weighted by atomic mass is 9.36. The van der Waals surface area contributed by atoms with Crippen LogP contribution in [-0.4, -0.2) is 11.7 Å². The Balaban J connectivity index is 1.29. The Morgan fingerprint density at radius 2 is 1.17 bits per heavy atom. The summed E-state index contributed by atoms with van der Waals surface area (Å²) in [5.74, 6) is 0.695. The number of anilines is 9. The molecule has 3 aliphatic rings. The molecule has 0 saturated heterocycles. The molecule has 6 aromatic carbocycles. The number of fused-ring (bicyclic) bond motifs is 7. The number of pyridine rings is 1. The number of nitrogens with zero attached hydrogens (tertiary/aromatic N) is 4. The first-order valence-electron chi connectivity index (χ1n) is 29.3. The highest BCUT2D eigenvalue weighted by atomic mass is 32.1. The van der Waals surface area contributed by atoms with Gasteiger partial charge in [0.05, 0.1) is 25.1 Å². The first-order chi connectivity index (χ1) is 36.7. The maximum atomic E-state index is 9.34. The van der Waals surface area contributed by atoms with Gasteiger partial charge in [-0.25, -0.2) is 4.98 Å². The van der Waals surface area contributed by atoms with Crippen LogP contribution in [0.1, 0.15) is 145 Å². The second-order valence-electron chi connectivity index (χ2n) is 23.7. The van der Waals surface area contributed by atoms with Gasteiger partial charge in [-0.15, -0.1) is 11.3 Å². The molecule has 0 atom stereocenters. The molecule has 0 radical (unpaired) electrons. The summed E-state index contributed by atoms with van der Waals surface area (Å²) in [5, 5.41) is 1.12. The molecule has 2 aromatic heterocycles. The van der Waals surface area contributed by atoms with Crippen LogP contribution in [0.2, 0.25) is 0 Å². The second kappa shape index (κ2) is 15.7. The lowest BCUT2D eigenvalue weighted by Crippen LogP contribution is -2.61. The van der Waals surface area contributed by atoms with Gasteiger partial charge >= 0.3 is 0 Å². The number of aromatic nitrogens is 1. The van der Waals surface area contributed by atoms with E-state index >= 15 is 0 Å². The molecule has 8 aromatic rings. The molecular formula is C63H67BN4S. The fraction of sp³-hybridized carbons (Fsp3) is 0.317. The highest BCUT2D eigenvalue weighted by molar-refractivity contribution is 7.33. The zero-order valence-electron chi connectivity index (χ0n) is 52.3. The van der Waals surface area contributed by atoms with E-state index in [0.29, 0.717) is 11.5 Å². The summed E-state index contributed by atoms with van der Waals surface area (Å²) in [5.41, 5.74) is 11.1. The fourth-order valence-corrected chi connectivity index (χ4v) is 12.1. The van der Waals surface area contributed by atoms with E-state index in [1.807, 2.05) is 12.1 Å². The monoisotopic (exact) mass is 933 g/mol. The van der Waals surface area contributed by atoms with E-state index in [2.05, 4.69) is 167 Å². The Kier molecular flexibility index (Phi) is 7.98. The number of thiophene rings is 1. The van der Waals surface area contributed by atoms with Crippen LogP contribution in [-0.2, 0) is 27.1 Å². The van der Waals surface area contributed by atoms with Gasteiger partial charge in [0.2, 0.25) is 0 Å². The van der Waals surface area contributed by atoms with E-state index in [1.165, 1.54) is 21.6 Å². The average Bonchev–Trinajstić information content (AvgIpc) is 2.93. The maximum Gasteiger partial charge on any atom is 0.266 e. The Hall–Kier alpha value is -6.11. The molecule has 69 heavy (non-hydrogen) atoms. The van der Waals surface area contributed by atoms with Crippen LogP contribution in [0.4, 0.5) is 51.3 Å². The van der Waals surface area contributed by atoms with Crippen LogP contribution in [0, 0.1) is 0 Å². The highest BCUT2D eigenvalue weighted by Gasteiger charge is 2.48. The lowest BCUT2D eigenvalue weighted by molar-refractivity contribution is 0.332. The summed E-state index contributed by atoms with van der Waals surface area (Å²) in [6.45, 7) is 28.8. The molecule has 0 saturated carbocycles. The smallest absolute Gasteiger partial charge is 0.266 e. The van der Waals surface area contributed by atoms with Crippen molar-refractivity contribution < 1.29 is 13.7 Å². The number of hydrogen-bond acceptors (Lipinski definition) is 5. The van der Waals surface area contributed by atoms with Crippen molar-refractivity contribution in [2.24, 2.45) is 0 Å². The largest absolute Gasteiger partial charge is 0.310 e. The van der Waals surface area contributed by atoms with Crippen molar-refractivity contribution in [1.29, 1.82) is 0 Å². The van der Waals surface area contributed by atoms with Crippen LogP contribution < -0.4 is 30.4 Å². The van der Waals surface area contributed by atoms with Crippen LogP contribution in [0.25, 0.3) is 10.1 Å². The molecule has 6 heteroatoms. The minimum atomic E-state index is -0.628. The summed E-state index contributed by atoms with van der Waals surface area (Å²) < 4.78 is 92.1. The van der Waals surface area contributed by atoms with Crippen molar-refractivity contribution in [3.63, 3.8) is 0 Å². The molecule has 0 N–H and O–H groups in total. The first-order valence-corrected chi connectivity index (χ1v) is 25.1. The summed E-state index contributed by atoms with van der Waals surface area (Å²) >= 11 is 1.78.